The van der Waals surface area contributed by atoms with Crippen LogP contribution in [-0.2, 0) is 0 Å². The first-order chi connectivity index (χ1) is 21.5. The summed E-state index contributed by atoms with van der Waals surface area (Å²) in [5.41, 5.74) is 17.6. The SMILES string of the molecule is CC1CC=Cc2c1n(-c1cccc(C(N)N=CC3C=CC(c4ccccc4)=CC3C)c1)c1cc3[nH]c4ccccc4c3cc21. The molecule has 3 N–H and O–H groups in total. The van der Waals surface area contributed by atoms with Gasteiger partial charge in [-0.25, -0.2) is 0 Å². The van der Waals surface area contributed by atoms with Crippen LogP contribution in [0.3, 0.4) is 0 Å². The van der Waals surface area contributed by atoms with Gasteiger partial charge in [-0.3, -0.25) is 4.99 Å². The molecule has 44 heavy (non-hydrogen) atoms. The van der Waals surface area contributed by atoms with Gasteiger partial charge < -0.3 is 15.3 Å². The molecule has 2 aliphatic carbocycles. The van der Waals surface area contributed by atoms with Crippen molar-refractivity contribution < 1.29 is 0 Å². The Kier molecular flexibility index (Phi) is 6.46. The molecule has 2 heterocycles. The summed E-state index contributed by atoms with van der Waals surface area (Å²) in [7, 11) is 0. The number of nitrogens with one attached hydrogen (secondary N) is 1. The molecule has 4 atom stereocenters. The number of aliphatic imine (C=N–C) groups is 1. The minimum Gasteiger partial charge on any atom is -0.354 e. The van der Waals surface area contributed by atoms with Gasteiger partial charge in [-0.15, -0.1) is 0 Å². The van der Waals surface area contributed by atoms with Crippen LogP contribution in [0.25, 0.3) is 50.0 Å². The zero-order chi connectivity index (χ0) is 29.8. The minimum atomic E-state index is -0.439. The van der Waals surface area contributed by atoms with Gasteiger partial charge in [-0.2, -0.15) is 0 Å². The van der Waals surface area contributed by atoms with Crippen molar-refractivity contribution in [1.29, 1.82) is 0 Å². The van der Waals surface area contributed by atoms with Crippen LogP contribution in [0.15, 0.2) is 120 Å². The number of rotatable bonds is 5. The van der Waals surface area contributed by atoms with Gasteiger partial charge in [0.05, 0.1) is 5.52 Å². The molecule has 0 fully saturated rings. The van der Waals surface area contributed by atoms with Gasteiger partial charge in [0.25, 0.3) is 0 Å². The van der Waals surface area contributed by atoms with Crippen molar-refractivity contribution in [2.45, 2.75) is 32.4 Å². The van der Waals surface area contributed by atoms with Crippen LogP contribution in [0.4, 0.5) is 0 Å². The second-order valence-electron chi connectivity index (χ2n) is 12.4. The molecule has 0 bridgehead atoms. The molecule has 0 saturated carbocycles. The van der Waals surface area contributed by atoms with E-state index in [9.17, 15) is 0 Å². The van der Waals surface area contributed by atoms with Crippen LogP contribution in [0.2, 0.25) is 0 Å². The maximum Gasteiger partial charge on any atom is 0.122 e. The number of nitrogens with zero attached hydrogens (tertiary/aromatic N) is 2. The predicted octanol–water partition coefficient (Wildman–Crippen LogP) is 9.72. The van der Waals surface area contributed by atoms with E-state index in [4.69, 9.17) is 10.7 Å². The van der Waals surface area contributed by atoms with Gasteiger partial charge in [-0.05, 0) is 59.4 Å². The lowest BCUT2D eigenvalue weighted by Gasteiger charge is -2.21. The number of aromatic nitrogens is 2. The quantitative estimate of drug-likeness (QED) is 0.199. The molecule has 4 heteroatoms. The highest BCUT2D eigenvalue weighted by atomic mass is 15.0. The van der Waals surface area contributed by atoms with Crippen molar-refractivity contribution in [3.05, 3.63) is 138 Å². The monoisotopic (exact) mass is 572 g/mol. The average molecular weight is 573 g/mol. The molecule has 2 aliphatic rings. The van der Waals surface area contributed by atoms with Crippen molar-refractivity contribution in [1.82, 2.24) is 9.55 Å². The fourth-order valence-corrected chi connectivity index (χ4v) is 7.09. The lowest BCUT2D eigenvalue weighted by Crippen LogP contribution is -2.15. The highest BCUT2D eigenvalue weighted by Crippen LogP contribution is 2.42. The number of fused-ring (bicyclic) bond motifs is 6. The van der Waals surface area contributed by atoms with Gasteiger partial charge in [0.1, 0.15) is 6.17 Å². The van der Waals surface area contributed by atoms with E-state index in [1.165, 1.54) is 49.6 Å². The van der Waals surface area contributed by atoms with Gasteiger partial charge in [0.15, 0.2) is 0 Å². The lowest BCUT2D eigenvalue weighted by molar-refractivity contribution is 0.640. The van der Waals surface area contributed by atoms with Crippen molar-refractivity contribution in [3.8, 4) is 5.69 Å². The molecule has 8 rings (SSSR count). The fraction of sp³-hybridized carbons (Fsp3) is 0.175. The number of hydrogen-bond donors (Lipinski definition) is 2. The average Bonchev–Trinajstić information content (AvgIpc) is 3.59. The molecule has 4 nitrogen and oxygen atoms in total. The first-order valence-corrected chi connectivity index (χ1v) is 15.6. The third-order valence-corrected chi connectivity index (χ3v) is 9.45. The van der Waals surface area contributed by atoms with E-state index in [-0.39, 0.29) is 5.92 Å². The smallest absolute Gasteiger partial charge is 0.122 e. The van der Waals surface area contributed by atoms with E-state index in [1.807, 2.05) is 6.21 Å². The maximum absolute atomic E-state index is 6.73. The molecule has 6 aromatic rings. The van der Waals surface area contributed by atoms with Gasteiger partial charge in [0, 0.05) is 62.2 Å². The fourth-order valence-electron chi connectivity index (χ4n) is 7.09. The second kappa shape index (κ2) is 10.7. The molecule has 4 aromatic carbocycles. The van der Waals surface area contributed by atoms with Crippen molar-refractivity contribution >= 4 is 50.6 Å². The number of hydrogen-bond acceptors (Lipinski definition) is 2. The van der Waals surface area contributed by atoms with E-state index in [2.05, 4.69) is 145 Å². The molecule has 4 unspecified atom stereocenters. The Labute approximate surface area is 257 Å². The van der Waals surface area contributed by atoms with E-state index >= 15 is 0 Å². The van der Waals surface area contributed by atoms with Crippen molar-refractivity contribution in [2.75, 3.05) is 0 Å². The van der Waals surface area contributed by atoms with E-state index in [0.717, 1.165) is 23.2 Å². The van der Waals surface area contributed by atoms with E-state index in [1.54, 1.807) is 0 Å². The Hall–Kier alpha value is -4.93. The molecule has 0 radical (unpaired) electrons. The number of benzene rings is 4. The first-order valence-electron chi connectivity index (χ1n) is 15.6. The Balaban J connectivity index is 1.15. The maximum atomic E-state index is 6.73. The minimum absolute atomic E-state index is 0.212. The predicted molar refractivity (Wildman–Crippen MR) is 186 cm³/mol. The normalized spacial score (nSPS) is 20.5. The molecular weight excluding hydrogens is 536 g/mol. The Bertz CT molecular complexity index is 2150. The second-order valence-corrected chi connectivity index (χ2v) is 12.4. The standard InChI is InChI=1S/C40H36N4/c1-25-10-8-16-33-35-22-34-32-15-6-7-17-36(32)43-37(34)23-38(35)44(39(25)33)31-14-9-13-29(21-31)40(41)42-24-30-19-18-28(20-26(30)2)27-11-4-3-5-12-27/h3-9,11-26,30,40,43H,10,41H2,1-2H3. The summed E-state index contributed by atoms with van der Waals surface area (Å²) in [4.78, 5) is 8.52. The Morgan fingerprint density at radius 2 is 1.70 bits per heavy atom. The highest BCUT2D eigenvalue weighted by molar-refractivity contribution is 6.13. The highest BCUT2D eigenvalue weighted by Gasteiger charge is 2.25. The van der Waals surface area contributed by atoms with E-state index < -0.39 is 6.17 Å². The van der Waals surface area contributed by atoms with Crippen LogP contribution in [0, 0.1) is 11.8 Å². The number of para-hydroxylation sites is 1. The molecule has 216 valence electrons. The van der Waals surface area contributed by atoms with Crippen LogP contribution in [0.5, 0.6) is 0 Å². The molecule has 0 aliphatic heterocycles. The molecule has 0 spiro atoms. The number of aromatic amines is 1. The number of allylic oxidation sites excluding steroid dienone is 5. The zero-order valence-corrected chi connectivity index (χ0v) is 25.1. The Morgan fingerprint density at radius 3 is 2.57 bits per heavy atom. The molecular formula is C40H36N4. The molecule has 2 aromatic heterocycles. The summed E-state index contributed by atoms with van der Waals surface area (Å²) in [6, 6.07) is 32.4. The largest absolute Gasteiger partial charge is 0.354 e. The zero-order valence-electron chi connectivity index (χ0n) is 25.1. The van der Waals surface area contributed by atoms with Gasteiger partial charge in [0.2, 0.25) is 0 Å². The summed E-state index contributed by atoms with van der Waals surface area (Å²) in [5, 5.41) is 3.81. The summed E-state index contributed by atoms with van der Waals surface area (Å²) in [6.45, 7) is 4.57. The summed E-state index contributed by atoms with van der Waals surface area (Å²) in [6.07, 6.45) is 14.0. The molecule has 0 saturated heterocycles. The van der Waals surface area contributed by atoms with Crippen molar-refractivity contribution in [3.63, 3.8) is 0 Å². The van der Waals surface area contributed by atoms with E-state index in [0.29, 0.717) is 11.8 Å². The topological polar surface area (TPSA) is 59.1 Å². The van der Waals surface area contributed by atoms with Crippen LogP contribution in [-0.4, -0.2) is 15.8 Å². The van der Waals surface area contributed by atoms with Crippen LogP contribution >= 0.6 is 0 Å². The first kappa shape index (κ1) is 26.7. The molecule has 0 amide bonds. The summed E-state index contributed by atoms with van der Waals surface area (Å²) < 4.78 is 2.45. The Morgan fingerprint density at radius 1 is 0.864 bits per heavy atom. The summed E-state index contributed by atoms with van der Waals surface area (Å²) >= 11 is 0. The van der Waals surface area contributed by atoms with Gasteiger partial charge >= 0.3 is 0 Å². The third kappa shape index (κ3) is 4.45. The van der Waals surface area contributed by atoms with Crippen molar-refractivity contribution in [2.24, 2.45) is 22.6 Å². The number of H-pyrrole nitrogens is 1. The van der Waals surface area contributed by atoms with Gasteiger partial charge in [-0.1, -0.05) is 105 Å². The summed E-state index contributed by atoms with van der Waals surface area (Å²) in [5.74, 6) is 0.955. The third-order valence-electron chi connectivity index (χ3n) is 9.45. The van der Waals surface area contributed by atoms with Crippen LogP contribution < -0.4 is 5.73 Å². The van der Waals surface area contributed by atoms with Crippen LogP contribution in [0.1, 0.15) is 54.7 Å². The lowest BCUT2D eigenvalue weighted by atomic mass is 9.86. The number of nitrogens with two attached hydrogens (primary N) is 1.